The number of hydrogen-bond acceptors (Lipinski definition) is 4. The summed E-state index contributed by atoms with van der Waals surface area (Å²) < 4.78 is 11.2. The Labute approximate surface area is 147 Å². The van der Waals surface area contributed by atoms with Gasteiger partial charge in [0.15, 0.2) is 0 Å². The summed E-state index contributed by atoms with van der Waals surface area (Å²) in [5.74, 6) is 1.26. The van der Waals surface area contributed by atoms with Crippen LogP contribution in [0.1, 0.15) is 31.4 Å². The molecule has 2 N–H and O–H groups in total. The molecule has 6 heteroatoms. The largest absolute Gasteiger partial charge is 0.444 e. The zero-order valence-electron chi connectivity index (χ0n) is 14.3. The highest BCUT2D eigenvalue weighted by Crippen LogP contribution is 2.38. The smallest absolute Gasteiger partial charge is 0.319 e. The van der Waals surface area contributed by atoms with Gasteiger partial charge in [0.1, 0.15) is 6.26 Å². The van der Waals surface area contributed by atoms with E-state index in [9.17, 15) is 4.79 Å². The van der Waals surface area contributed by atoms with Gasteiger partial charge in [-0.25, -0.2) is 9.78 Å². The maximum absolute atomic E-state index is 12.3. The molecule has 1 aliphatic heterocycles. The molecule has 6 nitrogen and oxygen atoms in total. The number of nitrogens with zero attached hydrogens (tertiary/aromatic N) is 1. The number of rotatable bonds is 4. The van der Waals surface area contributed by atoms with Crippen LogP contribution < -0.4 is 10.6 Å². The molecule has 0 bridgehead atoms. The van der Waals surface area contributed by atoms with Gasteiger partial charge < -0.3 is 19.8 Å². The van der Waals surface area contributed by atoms with Gasteiger partial charge in [-0.15, -0.1) is 0 Å². The lowest BCUT2D eigenvalue weighted by molar-refractivity contribution is -0.00889. The highest BCUT2D eigenvalue weighted by Gasteiger charge is 2.36. The first kappa shape index (κ1) is 16.1. The van der Waals surface area contributed by atoms with E-state index in [-0.39, 0.29) is 12.1 Å². The number of nitrogens with one attached hydrogen (secondary N) is 2. The maximum Gasteiger partial charge on any atom is 0.319 e. The fourth-order valence-corrected chi connectivity index (χ4v) is 3.32. The van der Waals surface area contributed by atoms with Crippen LogP contribution >= 0.6 is 0 Å². The maximum atomic E-state index is 12.3. The van der Waals surface area contributed by atoms with Gasteiger partial charge in [-0.1, -0.05) is 6.07 Å². The van der Waals surface area contributed by atoms with Crippen molar-refractivity contribution in [3.05, 3.63) is 36.2 Å². The fourth-order valence-electron chi connectivity index (χ4n) is 3.32. The number of ether oxygens (including phenoxy) is 1. The molecule has 1 aromatic carbocycles. The number of carbonyl (C=O) groups excluding carboxylic acids is 1. The zero-order valence-corrected chi connectivity index (χ0v) is 14.3. The van der Waals surface area contributed by atoms with Crippen LogP contribution in [0, 0.1) is 12.8 Å². The Hall–Kier alpha value is -2.34. The van der Waals surface area contributed by atoms with E-state index in [0.717, 1.165) is 36.4 Å². The Balaban J connectivity index is 1.36. The molecule has 0 radical (unpaired) electrons. The van der Waals surface area contributed by atoms with Gasteiger partial charge in [0.05, 0.1) is 11.8 Å². The van der Waals surface area contributed by atoms with E-state index in [2.05, 4.69) is 15.6 Å². The summed E-state index contributed by atoms with van der Waals surface area (Å²) in [5, 5.41) is 5.98. The van der Waals surface area contributed by atoms with Crippen LogP contribution in [0.2, 0.25) is 0 Å². The van der Waals surface area contributed by atoms with Gasteiger partial charge in [0.2, 0.25) is 5.89 Å². The number of anilines is 1. The second-order valence-electron chi connectivity index (χ2n) is 6.94. The lowest BCUT2D eigenvalue weighted by atomic mass is 10.0. The van der Waals surface area contributed by atoms with Crippen LogP contribution in [0.4, 0.5) is 10.5 Å². The molecule has 1 saturated heterocycles. The van der Waals surface area contributed by atoms with Gasteiger partial charge >= 0.3 is 6.03 Å². The number of benzene rings is 1. The van der Waals surface area contributed by atoms with Gasteiger partial charge in [-0.05, 0) is 56.7 Å². The molecule has 2 atom stereocenters. The molecule has 25 heavy (non-hydrogen) atoms. The third-order valence-electron chi connectivity index (χ3n) is 4.78. The first-order valence-electron chi connectivity index (χ1n) is 8.89. The first-order chi connectivity index (χ1) is 12.2. The van der Waals surface area contributed by atoms with Crippen molar-refractivity contribution in [3.63, 3.8) is 0 Å². The van der Waals surface area contributed by atoms with Crippen molar-refractivity contribution in [2.75, 3.05) is 11.9 Å². The number of aryl methyl sites for hydroxylation is 1. The predicted octanol–water partition coefficient (Wildman–Crippen LogP) is 3.73. The molecule has 1 saturated carbocycles. The second-order valence-corrected chi connectivity index (χ2v) is 6.94. The topological polar surface area (TPSA) is 76.4 Å². The Morgan fingerprint density at radius 2 is 2.16 bits per heavy atom. The van der Waals surface area contributed by atoms with Crippen molar-refractivity contribution >= 4 is 11.7 Å². The molecule has 2 aromatic rings. The van der Waals surface area contributed by atoms with E-state index in [1.54, 1.807) is 6.26 Å². The van der Waals surface area contributed by atoms with E-state index in [1.807, 2.05) is 31.2 Å². The van der Waals surface area contributed by atoms with Gasteiger partial charge in [0.25, 0.3) is 0 Å². The average molecular weight is 341 g/mol. The molecule has 1 aromatic heterocycles. The van der Waals surface area contributed by atoms with E-state index >= 15 is 0 Å². The highest BCUT2D eigenvalue weighted by molar-refractivity contribution is 5.90. The van der Waals surface area contributed by atoms with Crippen molar-refractivity contribution in [3.8, 4) is 11.5 Å². The van der Waals surface area contributed by atoms with Crippen molar-refractivity contribution in [1.82, 2.24) is 10.3 Å². The van der Waals surface area contributed by atoms with Crippen molar-refractivity contribution < 1.29 is 13.9 Å². The summed E-state index contributed by atoms with van der Waals surface area (Å²) in [4.78, 5) is 16.6. The molecule has 132 valence electrons. The van der Waals surface area contributed by atoms with Crippen LogP contribution in [0.3, 0.4) is 0 Å². The van der Waals surface area contributed by atoms with Crippen molar-refractivity contribution in [1.29, 1.82) is 0 Å². The predicted molar refractivity (Wildman–Crippen MR) is 94.3 cm³/mol. The van der Waals surface area contributed by atoms with Crippen LogP contribution in [0.5, 0.6) is 0 Å². The minimum atomic E-state index is -0.179. The molecule has 4 rings (SSSR count). The van der Waals surface area contributed by atoms with Crippen LogP contribution in [-0.2, 0) is 4.74 Å². The van der Waals surface area contributed by atoms with E-state index < -0.39 is 0 Å². The molecule has 2 heterocycles. The second kappa shape index (κ2) is 6.88. The number of amides is 2. The molecule has 2 fully saturated rings. The van der Waals surface area contributed by atoms with Crippen LogP contribution in [-0.4, -0.2) is 29.8 Å². The third-order valence-corrected chi connectivity index (χ3v) is 4.78. The van der Waals surface area contributed by atoms with Crippen LogP contribution in [0.15, 0.2) is 34.9 Å². The summed E-state index contributed by atoms with van der Waals surface area (Å²) in [7, 11) is 0. The number of oxazole rings is 1. The van der Waals surface area contributed by atoms with Gasteiger partial charge in [-0.3, -0.25) is 0 Å². The number of hydrogen-bond donors (Lipinski definition) is 2. The van der Waals surface area contributed by atoms with E-state index in [0.29, 0.717) is 17.9 Å². The summed E-state index contributed by atoms with van der Waals surface area (Å²) in [6, 6.07) is 7.51. The SMILES string of the molecule is Cc1coc(-c2cccc(NC(=O)N[C@H]3CCO[C@@H](C4CC4)C3)c2)n1. The summed E-state index contributed by atoms with van der Waals surface area (Å²) in [6.07, 6.45) is 6.23. The monoisotopic (exact) mass is 341 g/mol. The third kappa shape index (κ3) is 4.02. The number of carbonyl (C=O) groups is 1. The quantitative estimate of drug-likeness (QED) is 0.888. The highest BCUT2D eigenvalue weighted by atomic mass is 16.5. The summed E-state index contributed by atoms with van der Waals surface area (Å²) in [6.45, 7) is 2.61. The normalized spacial score (nSPS) is 23.2. The van der Waals surface area contributed by atoms with E-state index in [1.165, 1.54) is 12.8 Å². The number of aromatic nitrogens is 1. The molecule has 1 aliphatic carbocycles. The molecule has 0 unspecified atom stereocenters. The molecular weight excluding hydrogens is 318 g/mol. The van der Waals surface area contributed by atoms with Gasteiger partial charge in [0, 0.05) is 23.9 Å². The lowest BCUT2D eigenvalue weighted by Gasteiger charge is -2.30. The van der Waals surface area contributed by atoms with Crippen molar-refractivity contribution in [2.24, 2.45) is 5.92 Å². The molecular formula is C19H23N3O3. The Morgan fingerprint density at radius 3 is 2.92 bits per heavy atom. The lowest BCUT2D eigenvalue weighted by Crippen LogP contribution is -2.44. The summed E-state index contributed by atoms with van der Waals surface area (Å²) in [5.41, 5.74) is 2.39. The van der Waals surface area contributed by atoms with E-state index in [4.69, 9.17) is 9.15 Å². The first-order valence-corrected chi connectivity index (χ1v) is 8.89. The molecule has 2 amide bonds. The summed E-state index contributed by atoms with van der Waals surface area (Å²) >= 11 is 0. The van der Waals surface area contributed by atoms with Crippen molar-refractivity contribution in [2.45, 2.75) is 44.8 Å². The molecule has 0 spiro atoms. The Bertz CT molecular complexity index is 754. The zero-order chi connectivity index (χ0) is 17.2. The Morgan fingerprint density at radius 1 is 1.28 bits per heavy atom. The Kier molecular flexibility index (Phi) is 4.44. The standard InChI is InChI=1S/C19H23N3O3/c1-12-11-25-18(20-12)14-3-2-4-15(9-14)21-19(23)22-16-7-8-24-17(10-16)13-5-6-13/h2-4,9,11,13,16-17H,5-8,10H2,1H3,(H2,21,22,23)/t16-,17+/m0/s1. The minimum Gasteiger partial charge on any atom is -0.444 e. The average Bonchev–Trinajstić information content (AvgIpc) is 3.36. The van der Waals surface area contributed by atoms with Crippen LogP contribution in [0.25, 0.3) is 11.5 Å². The minimum absolute atomic E-state index is 0.178. The van der Waals surface area contributed by atoms with Gasteiger partial charge in [-0.2, -0.15) is 0 Å². The molecule has 2 aliphatic rings. The fraction of sp³-hybridized carbons (Fsp3) is 0.474. The number of urea groups is 1.